The van der Waals surface area contributed by atoms with Crippen molar-refractivity contribution in [3.63, 3.8) is 0 Å². The normalized spacial score (nSPS) is 10.4. The molecule has 0 aliphatic carbocycles. The molecule has 0 atom stereocenters. The second-order valence-electron chi connectivity index (χ2n) is 4.23. The van der Waals surface area contributed by atoms with E-state index in [1.807, 2.05) is 19.1 Å². The SMILES string of the molecule is Cc1ccc(C(=O)c2cccc(C)c2Br)cc1F. The number of hydrogen-bond acceptors (Lipinski definition) is 1. The molecule has 0 aliphatic rings. The Kier molecular flexibility index (Phi) is 3.62. The highest BCUT2D eigenvalue weighted by molar-refractivity contribution is 9.10. The first kappa shape index (κ1) is 13.0. The maximum absolute atomic E-state index is 13.5. The summed E-state index contributed by atoms with van der Waals surface area (Å²) >= 11 is 3.40. The number of ketones is 1. The fourth-order valence-electron chi connectivity index (χ4n) is 1.71. The fourth-order valence-corrected chi connectivity index (χ4v) is 2.16. The van der Waals surface area contributed by atoms with Gasteiger partial charge < -0.3 is 0 Å². The van der Waals surface area contributed by atoms with Gasteiger partial charge in [0.1, 0.15) is 5.82 Å². The molecule has 0 saturated carbocycles. The number of halogens is 2. The van der Waals surface area contributed by atoms with E-state index in [1.165, 1.54) is 6.07 Å². The number of carbonyl (C=O) groups is 1. The van der Waals surface area contributed by atoms with Gasteiger partial charge in [-0.05, 0) is 53.0 Å². The van der Waals surface area contributed by atoms with Crippen molar-refractivity contribution in [3.05, 3.63) is 68.9 Å². The summed E-state index contributed by atoms with van der Waals surface area (Å²) in [6.45, 7) is 3.59. The lowest BCUT2D eigenvalue weighted by atomic mass is 10.0. The lowest BCUT2D eigenvalue weighted by molar-refractivity contribution is 0.103. The van der Waals surface area contributed by atoms with Gasteiger partial charge in [-0.25, -0.2) is 4.39 Å². The number of benzene rings is 2. The quantitative estimate of drug-likeness (QED) is 0.750. The number of aryl methyl sites for hydroxylation is 2. The Hall–Kier alpha value is -1.48. The van der Waals surface area contributed by atoms with Crippen LogP contribution in [0.15, 0.2) is 40.9 Å². The molecule has 0 amide bonds. The van der Waals surface area contributed by atoms with E-state index in [1.54, 1.807) is 25.1 Å². The molecular formula is C15H12BrFO. The van der Waals surface area contributed by atoms with Crippen molar-refractivity contribution in [1.29, 1.82) is 0 Å². The number of hydrogen-bond donors (Lipinski definition) is 0. The summed E-state index contributed by atoms with van der Waals surface area (Å²) in [6, 6.07) is 10.0. The topological polar surface area (TPSA) is 17.1 Å². The van der Waals surface area contributed by atoms with Crippen LogP contribution < -0.4 is 0 Å². The molecule has 0 spiro atoms. The largest absolute Gasteiger partial charge is 0.289 e. The van der Waals surface area contributed by atoms with Crippen molar-refractivity contribution in [3.8, 4) is 0 Å². The molecule has 1 nitrogen and oxygen atoms in total. The van der Waals surface area contributed by atoms with E-state index in [-0.39, 0.29) is 11.6 Å². The molecule has 0 bridgehead atoms. The first-order valence-corrected chi connectivity index (χ1v) is 6.36. The van der Waals surface area contributed by atoms with Gasteiger partial charge in [0.15, 0.2) is 5.78 Å². The predicted molar refractivity (Wildman–Crippen MR) is 73.4 cm³/mol. The van der Waals surface area contributed by atoms with Crippen LogP contribution in [-0.4, -0.2) is 5.78 Å². The third kappa shape index (κ3) is 2.36. The molecule has 2 aromatic rings. The van der Waals surface area contributed by atoms with Gasteiger partial charge >= 0.3 is 0 Å². The van der Waals surface area contributed by atoms with Crippen molar-refractivity contribution in [2.45, 2.75) is 13.8 Å². The molecule has 0 aliphatic heterocycles. The molecular weight excluding hydrogens is 295 g/mol. The second kappa shape index (κ2) is 5.02. The van der Waals surface area contributed by atoms with Gasteiger partial charge in [0.2, 0.25) is 0 Å². The predicted octanol–water partition coefficient (Wildman–Crippen LogP) is 4.44. The summed E-state index contributed by atoms with van der Waals surface area (Å²) in [5.74, 6) is -0.533. The Morgan fingerprint density at radius 3 is 2.50 bits per heavy atom. The van der Waals surface area contributed by atoms with Crippen LogP contribution in [0.4, 0.5) is 4.39 Å². The van der Waals surface area contributed by atoms with E-state index in [9.17, 15) is 9.18 Å². The minimum absolute atomic E-state index is 0.176. The molecule has 0 aromatic heterocycles. The van der Waals surface area contributed by atoms with Crippen LogP contribution >= 0.6 is 15.9 Å². The Bertz CT molecular complexity index is 620. The van der Waals surface area contributed by atoms with Gasteiger partial charge in [0.25, 0.3) is 0 Å². The van der Waals surface area contributed by atoms with Crippen LogP contribution in [-0.2, 0) is 0 Å². The molecule has 0 radical (unpaired) electrons. The number of carbonyl (C=O) groups excluding carboxylic acids is 1. The minimum Gasteiger partial charge on any atom is -0.289 e. The Morgan fingerprint density at radius 2 is 1.83 bits per heavy atom. The van der Waals surface area contributed by atoms with Crippen molar-refractivity contribution < 1.29 is 9.18 Å². The monoisotopic (exact) mass is 306 g/mol. The van der Waals surface area contributed by atoms with Crippen LogP contribution in [0, 0.1) is 19.7 Å². The van der Waals surface area contributed by atoms with Crippen molar-refractivity contribution in [2.75, 3.05) is 0 Å². The van der Waals surface area contributed by atoms with E-state index >= 15 is 0 Å². The summed E-state index contributed by atoms with van der Waals surface area (Å²) in [6.07, 6.45) is 0. The van der Waals surface area contributed by atoms with E-state index in [0.29, 0.717) is 16.7 Å². The zero-order valence-corrected chi connectivity index (χ0v) is 11.7. The van der Waals surface area contributed by atoms with Crippen LogP contribution in [0.2, 0.25) is 0 Å². The van der Waals surface area contributed by atoms with Crippen molar-refractivity contribution in [2.24, 2.45) is 0 Å². The summed E-state index contributed by atoms with van der Waals surface area (Å²) in [5, 5.41) is 0. The second-order valence-corrected chi connectivity index (χ2v) is 5.02. The van der Waals surface area contributed by atoms with Crippen molar-refractivity contribution >= 4 is 21.7 Å². The van der Waals surface area contributed by atoms with Crippen LogP contribution in [0.25, 0.3) is 0 Å². The average molecular weight is 307 g/mol. The summed E-state index contributed by atoms with van der Waals surface area (Å²) in [7, 11) is 0. The van der Waals surface area contributed by atoms with E-state index < -0.39 is 0 Å². The third-order valence-electron chi connectivity index (χ3n) is 2.87. The van der Waals surface area contributed by atoms with Crippen molar-refractivity contribution in [1.82, 2.24) is 0 Å². The third-order valence-corrected chi connectivity index (χ3v) is 3.92. The Balaban J connectivity index is 2.48. The molecule has 0 unspecified atom stereocenters. The maximum atomic E-state index is 13.5. The summed E-state index contributed by atoms with van der Waals surface area (Å²) in [4.78, 5) is 12.3. The molecule has 0 heterocycles. The highest BCUT2D eigenvalue weighted by Crippen LogP contribution is 2.24. The van der Waals surface area contributed by atoms with Gasteiger partial charge in [0, 0.05) is 15.6 Å². The highest BCUT2D eigenvalue weighted by atomic mass is 79.9. The smallest absolute Gasteiger partial charge is 0.194 e. The molecule has 0 saturated heterocycles. The first-order chi connectivity index (χ1) is 8.50. The maximum Gasteiger partial charge on any atom is 0.194 e. The number of rotatable bonds is 2. The van der Waals surface area contributed by atoms with Gasteiger partial charge in [-0.15, -0.1) is 0 Å². The average Bonchev–Trinajstić information content (AvgIpc) is 2.35. The van der Waals surface area contributed by atoms with Gasteiger partial charge in [-0.2, -0.15) is 0 Å². The lowest BCUT2D eigenvalue weighted by Gasteiger charge is -2.07. The molecule has 92 valence electrons. The Labute approximate surface area is 114 Å². The first-order valence-electron chi connectivity index (χ1n) is 5.56. The molecule has 18 heavy (non-hydrogen) atoms. The molecule has 2 aromatic carbocycles. The Morgan fingerprint density at radius 1 is 1.11 bits per heavy atom. The zero-order valence-electron chi connectivity index (χ0n) is 10.1. The van der Waals surface area contributed by atoms with Gasteiger partial charge in [0.05, 0.1) is 0 Å². The van der Waals surface area contributed by atoms with Gasteiger partial charge in [-0.1, -0.05) is 24.3 Å². The van der Waals surface area contributed by atoms with E-state index in [2.05, 4.69) is 15.9 Å². The minimum atomic E-state index is -0.357. The standard InChI is InChI=1S/C15H12BrFO/c1-9-6-7-11(8-13(9)17)15(18)12-5-3-4-10(2)14(12)16/h3-8H,1-2H3. The van der Waals surface area contributed by atoms with Gasteiger partial charge in [-0.3, -0.25) is 4.79 Å². The van der Waals surface area contributed by atoms with E-state index in [4.69, 9.17) is 0 Å². The fraction of sp³-hybridized carbons (Fsp3) is 0.133. The molecule has 0 fully saturated rings. The molecule has 2 rings (SSSR count). The summed E-state index contributed by atoms with van der Waals surface area (Å²) < 4.78 is 14.2. The summed E-state index contributed by atoms with van der Waals surface area (Å²) in [5.41, 5.74) is 2.44. The molecule has 0 N–H and O–H groups in total. The van der Waals surface area contributed by atoms with Crippen LogP contribution in [0.5, 0.6) is 0 Å². The lowest BCUT2D eigenvalue weighted by Crippen LogP contribution is -2.04. The molecule has 3 heteroatoms. The van der Waals surface area contributed by atoms with Crippen LogP contribution in [0.1, 0.15) is 27.0 Å². The van der Waals surface area contributed by atoms with E-state index in [0.717, 1.165) is 10.0 Å². The zero-order chi connectivity index (χ0) is 13.3. The highest BCUT2D eigenvalue weighted by Gasteiger charge is 2.14. The van der Waals surface area contributed by atoms with Crippen LogP contribution in [0.3, 0.4) is 0 Å².